The molecule has 0 saturated carbocycles. The molecule has 0 aliphatic carbocycles. The fraction of sp³-hybridized carbons (Fsp3) is 0.733. The first-order chi connectivity index (χ1) is 10.7. The lowest BCUT2D eigenvalue weighted by Crippen LogP contribution is -2.44. The lowest BCUT2D eigenvalue weighted by molar-refractivity contribution is 0.0176. The number of thiazole rings is 1. The standard InChI is InChI=1S/C15H23ClN2O3S2/c1-15(2,3)21-14(19)18-6-4-5-11(8-18)9-23(20)10-12-7-17-13(16)22-12/h7,11H,4-6,8-10H2,1-3H3/t11-,23-/m0/s1. The molecule has 130 valence electrons. The van der Waals surface area contributed by atoms with E-state index >= 15 is 0 Å². The summed E-state index contributed by atoms with van der Waals surface area (Å²) in [5.41, 5.74) is -0.488. The van der Waals surface area contributed by atoms with Crippen LogP contribution in [-0.2, 0) is 21.3 Å². The molecule has 5 nitrogen and oxygen atoms in total. The van der Waals surface area contributed by atoms with Gasteiger partial charge < -0.3 is 9.64 Å². The fourth-order valence-corrected chi connectivity index (χ4v) is 5.24. The maximum absolute atomic E-state index is 12.3. The minimum absolute atomic E-state index is 0.250. The summed E-state index contributed by atoms with van der Waals surface area (Å²) in [5.74, 6) is 1.32. The van der Waals surface area contributed by atoms with Gasteiger partial charge in [-0.15, -0.1) is 11.3 Å². The third-order valence-corrected chi connectivity index (χ3v) is 6.19. The highest BCUT2D eigenvalue weighted by Gasteiger charge is 2.28. The molecular weight excluding hydrogens is 356 g/mol. The summed E-state index contributed by atoms with van der Waals surface area (Å²) in [4.78, 5) is 18.8. The SMILES string of the molecule is CC(C)(C)OC(=O)N1CCC[C@H](C[S@](=O)Cc2cnc(Cl)s2)C1. The van der Waals surface area contributed by atoms with E-state index in [4.69, 9.17) is 16.3 Å². The minimum Gasteiger partial charge on any atom is -0.444 e. The van der Waals surface area contributed by atoms with Gasteiger partial charge in [-0.25, -0.2) is 9.78 Å². The Bertz CT molecular complexity index is 571. The number of hydrogen-bond acceptors (Lipinski definition) is 5. The zero-order chi connectivity index (χ0) is 17.0. The Morgan fingerprint density at radius 1 is 1.57 bits per heavy atom. The van der Waals surface area contributed by atoms with Gasteiger partial charge in [-0.3, -0.25) is 4.21 Å². The van der Waals surface area contributed by atoms with Crippen LogP contribution in [0.25, 0.3) is 0 Å². The van der Waals surface area contributed by atoms with Gasteiger partial charge in [-0.05, 0) is 39.5 Å². The summed E-state index contributed by atoms with van der Waals surface area (Å²) in [5, 5.41) is 0. The molecule has 23 heavy (non-hydrogen) atoms. The van der Waals surface area contributed by atoms with Crippen LogP contribution in [0.4, 0.5) is 4.79 Å². The Labute approximate surface area is 148 Å². The highest BCUT2D eigenvalue weighted by atomic mass is 35.5. The summed E-state index contributed by atoms with van der Waals surface area (Å²) in [6.45, 7) is 6.91. The van der Waals surface area contributed by atoms with Crippen molar-refractivity contribution in [2.45, 2.75) is 45.0 Å². The molecule has 2 rings (SSSR count). The third kappa shape index (κ3) is 6.39. The maximum atomic E-state index is 12.3. The molecule has 1 aromatic heterocycles. The van der Waals surface area contributed by atoms with E-state index in [0.717, 1.165) is 17.7 Å². The monoisotopic (exact) mass is 378 g/mol. The van der Waals surface area contributed by atoms with E-state index in [1.807, 2.05) is 20.8 Å². The smallest absolute Gasteiger partial charge is 0.410 e. The number of carbonyl (C=O) groups excluding carboxylic acids is 1. The molecule has 0 unspecified atom stereocenters. The number of halogens is 1. The van der Waals surface area contributed by atoms with Crippen molar-refractivity contribution in [2.75, 3.05) is 18.8 Å². The van der Waals surface area contributed by atoms with E-state index in [0.29, 0.717) is 29.1 Å². The van der Waals surface area contributed by atoms with Crippen molar-refractivity contribution in [1.29, 1.82) is 0 Å². The van der Waals surface area contributed by atoms with Crippen molar-refractivity contribution < 1.29 is 13.7 Å². The molecule has 0 aromatic carbocycles. The molecule has 1 aliphatic rings. The number of hydrogen-bond donors (Lipinski definition) is 0. The first kappa shape index (κ1) is 18.7. The summed E-state index contributed by atoms with van der Waals surface area (Å²) in [6.07, 6.45) is 3.32. The Kier molecular flexibility index (Phi) is 6.45. The van der Waals surface area contributed by atoms with Crippen molar-refractivity contribution >= 4 is 39.8 Å². The van der Waals surface area contributed by atoms with E-state index < -0.39 is 16.4 Å². The quantitative estimate of drug-likeness (QED) is 0.801. The average Bonchev–Trinajstić information content (AvgIpc) is 2.82. The van der Waals surface area contributed by atoms with Crippen molar-refractivity contribution in [3.05, 3.63) is 15.5 Å². The second-order valence-corrected chi connectivity index (χ2v) is 9.96. The van der Waals surface area contributed by atoms with Gasteiger partial charge in [0.25, 0.3) is 0 Å². The Hall–Kier alpha value is -0.660. The van der Waals surface area contributed by atoms with Crippen LogP contribution < -0.4 is 0 Å². The summed E-state index contributed by atoms with van der Waals surface area (Å²) in [6, 6.07) is 0. The van der Waals surface area contributed by atoms with Crippen LogP contribution in [0.15, 0.2) is 6.20 Å². The van der Waals surface area contributed by atoms with Crippen molar-refractivity contribution in [3.63, 3.8) is 0 Å². The maximum Gasteiger partial charge on any atom is 0.410 e. The predicted molar refractivity (Wildman–Crippen MR) is 94.4 cm³/mol. The first-order valence-corrected chi connectivity index (χ1v) is 10.3. The third-order valence-electron chi connectivity index (χ3n) is 3.42. The van der Waals surface area contributed by atoms with Crippen LogP contribution in [0.5, 0.6) is 0 Å². The zero-order valence-corrected chi connectivity index (χ0v) is 16.1. The Balaban J connectivity index is 1.83. The number of carbonyl (C=O) groups is 1. The van der Waals surface area contributed by atoms with Crippen molar-refractivity contribution in [3.8, 4) is 0 Å². The number of rotatable bonds is 4. The van der Waals surface area contributed by atoms with E-state index in [2.05, 4.69) is 4.98 Å². The molecule has 2 atom stereocenters. The van der Waals surface area contributed by atoms with E-state index in [-0.39, 0.29) is 12.0 Å². The van der Waals surface area contributed by atoms with E-state index in [1.165, 1.54) is 11.3 Å². The molecule has 0 N–H and O–H groups in total. The second kappa shape index (κ2) is 7.94. The molecule has 0 spiro atoms. The lowest BCUT2D eigenvalue weighted by Gasteiger charge is -2.34. The second-order valence-electron chi connectivity index (χ2n) is 6.76. The van der Waals surface area contributed by atoms with Gasteiger partial charge >= 0.3 is 6.09 Å². The van der Waals surface area contributed by atoms with Gasteiger partial charge in [0.15, 0.2) is 4.47 Å². The number of piperidine rings is 1. The molecule has 0 bridgehead atoms. The van der Waals surface area contributed by atoms with Gasteiger partial charge in [0.05, 0.1) is 5.75 Å². The summed E-state index contributed by atoms with van der Waals surface area (Å²) < 4.78 is 18.2. The topological polar surface area (TPSA) is 59.5 Å². The molecule has 1 amide bonds. The Morgan fingerprint density at radius 3 is 2.91 bits per heavy atom. The van der Waals surface area contributed by atoms with Crippen LogP contribution in [0.2, 0.25) is 4.47 Å². The van der Waals surface area contributed by atoms with Crippen LogP contribution in [0, 0.1) is 5.92 Å². The molecular formula is C15H23ClN2O3S2. The molecule has 1 aliphatic heterocycles. The van der Waals surface area contributed by atoms with Gasteiger partial charge in [0, 0.05) is 40.7 Å². The van der Waals surface area contributed by atoms with Crippen LogP contribution in [0.3, 0.4) is 0 Å². The summed E-state index contributed by atoms with van der Waals surface area (Å²) in [7, 11) is -0.969. The molecule has 1 fully saturated rings. The highest BCUT2D eigenvalue weighted by molar-refractivity contribution is 7.84. The normalized spacial score (nSPS) is 20.3. The van der Waals surface area contributed by atoms with Crippen molar-refractivity contribution in [2.24, 2.45) is 5.92 Å². The molecule has 2 heterocycles. The number of nitrogens with zero attached hydrogens (tertiary/aromatic N) is 2. The number of likely N-dealkylation sites (tertiary alicyclic amines) is 1. The van der Waals surface area contributed by atoms with E-state index in [1.54, 1.807) is 11.1 Å². The highest BCUT2D eigenvalue weighted by Crippen LogP contribution is 2.23. The fourth-order valence-electron chi connectivity index (χ4n) is 2.52. The Morgan fingerprint density at radius 2 is 2.30 bits per heavy atom. The molecule has 0 radical (unpaired) electrons. The van der Waals surface area contributed by atoms with Gasteiger partial charge in [0.1, 0.15) is 5.60 Å². The number of aromatic nitrogens is 1. The zero-order valence-electron chi connectivity index (χ0n) is 13.7. The largest absolute Gasteiger partial charge is 0.444 e. The average molecular weight is 379 g/mol. The van der Waals surface area contributed by atoms with Crippen molar-refractivity contribution in [1.82, 2.24) is 9.88 Å². The minimum atomic E-state index is -0.969. The molecule has 1 aromatic rings. The molecule has 1 saturated heterocycles. The van der Waals surface area contributed by atoms with Gasteiger partial charge in [-0.1, -0.05) is 11.6 Å². The van der Waals surface area contributed by atoms with Crippen LogP contribution in [0.1, 0.15) is 38.5 Å². The van der Waals surface area contributed by atoms with Gasteiger partial charge in [0.2, 0.25) is 0 Å². The number of amides is 1. The van der Waals surface area contributed by atoms with Gasteiger partial charge in [-0.2, -0.15) is 0 Å². The first-order valence-electron chi connectivity index (χ1n) is 7.66. The lowest BCUT2D eigenvalue weighted by atomic mass is 10.0. The number of ether oxygens (including phenoxy) is 1. The van der Waals surface area contributed by atoms with E-state index in [9.17, 15) is 9.00 Å². The van der Waals surface area contributed by atoms with Crippen LogP contribution >= 0.6 is 22.9 Å². The summed E-state index contributed by atoms with van der Waals surface area (Å²) >= 11 is 7.16. The van der Waals surface area contributed by atoms with Crippen LogP contribution in [-0.4, -0.2) is 44.6 Å². The molecule has 8 heteroatoms. The predicted octanol–water partition coefficient (Wildman–Crippen LogP) is 3.69.